The fourth-order valence-corrected chi connectivity index (χ4v) is 1.15. The van der Waals surface area contributed by atoms with Gasteiger partial charge in [0.2, 0.25) is 0 Å². The molecule has 2 heteroatoms. The number of rotatable bonds is 0. The number of hydrogen-bond acceptors (Lipinski definition) is 2. The highest BCUT2D eigenvalue weighted by Crippen LogP contribution is 2.35. The molecule has 0 saturated carbocycles. The van der Waals surface area contributed by atoms with Crippen molar-refractivity contribution in [2.24, 2.45) is 0 Å². The molecule has 0 aromatic heterocycles. The van der Waals surface area contributed by atoms with Crippen LogP contribution in [-0.2, 0) is 0 Å². The van der Waals surface area contributed by atoms with E-state index in [9.17, 15) is 0 Å². The van der Waals surface area contributed by atoms with Gasteiger partial charge in [0.15, 0.2) is 11.5 Å². The minimum atomic E-state index is 0.0625. The molecule has 0 spiro atoms. The lowest BCUT2D eigenvalue weighted by Gasteiger charge is -1.96. The third-order valence-corrected chi connectivity index (χ3v) is 1.70. The van der Waals surface area contributed by atoms with Gasteiger partial charge in [-0.2, -0.15) is 0 Å². The molecule has 46 valence electrons. The van der Waals surface area contributed by atoms with Gasteiger partial charge in [-0.05, 0) is 0 Å². The lowest BCUT2D eigenvalue weighted by Crippen LogP contribution is -1.87. The Bertz CT molecular complexity index is 230. The van der Waals surface area contributed by atoms with E-state index in [-0.39, 0.29) is 11.5 Å². The number of hydrogen-bond donors (Lipinski definition) is 2. The molecule has 2 N–H and O–H groups in total. The van der Waals surface area contributed by atoms with Gasteiger partial charge in [-0.15, -0.1) is 0 Å². The zero-order chi connectivity index (χ0) is 6.43. The lowest BCUT2D eigenvalue weighted by molar-refractivity contribution is 0.326. The topological polar surface area (TPSA) is 40.5 Å². The van der Waals surface area contributed by atoms with E-state index >= 15 is 0 Å². The van der Waals surface area contributed by atoms with Crippen molar-refractivity contribution >= 4 is 0 Å². The summed E-state index contributed by atoms with van der Waals surface area (Å²) in [5.41, 5.74) is 1.67. The third-order valence-electron chi connectivity index (χ3n) is 1.70. The molecule has 0 saturated heterocycles. The molecule has 2 aliphatic rings. The smallest absolute Gasteiger partial charge is 0.161 e. The van der Waals surface area contributed by atoms with Crippen LogP contribution in [0.1, 0.15) is 6.42 Å². The molecular weight excluding hydrogens is 116 g/mol. The van der Waals surface area contributed by atoms with Crippen molar-refractivity contribution in [3.8, 4) is 0 Å². The van der Waals surface area contributed by atoms with E-state index in [0.717, 1.165) is 11.1 Å². The van der Waals surface area contributed by atoms with Crippen LogP contribution in [0.5, 0.6) is 0 Å². The first-order valence-electron chi connectivity index (χ1n) is 2.82. The highest BCUT2D eigenvalue weighted by atomic mass is 16.3. The molecule has 2 bridgehead atoms. The first-order chi connectivity index (χ1) is 4.29. The van der Waals surface area contributed by atoms with Crippen LogP contribution in [0, 0.1) is 0 Å². The van der Waals surface area contributed by atoms with E-state index in [2.05, 4.69) is 0 Å². The van der Waals surface area contributed by atoms with Crippen LogP contribution in [0.2, 0.25) is 0 Å². The van der Waals surface area contributed by atoms with Crippen LogP contribution in [0.15, 0.2) is 34.8 Å². The second-order valence-corrected chi connectivity index (χ2v) is 2.26. The number of fused-ring (bicyclic) bond motifs is 2. The molecule has 0 heterocycles. The van der Waals surface area contributed by atoms with Crippen LogP contribution in [0.3, 0.4) is 0 Å². The monoisotopic (exact) mass is 122 g/mol. The Morgan fingerprint density at radius 3 is 1.67 bits per heavy atom. The average molecular weight is 122 g/mol. The molecule has 0 fully saturated rings. The second kappa shape index (κ2) is 1.21. The quantitative estimate of drug-likeness (QED) is 0.512. The van der Waals surface area contributed by atoms with Gasteiger partial charge in [0, 0.05) is 17.6 Å². The van der Waals surface area contributed by atoms with E-state index in [1.807, 2.05) is 12.2 Å². The lowest BCUT2D eigenvalue weighted by atomic mass is 10.2. The van der Waals surface area contributed by atoms with Crippen LogP contribution in [0.4, 0.5) is 0 Å². The molecule has 0 atom stereocenters. The molecule has 0 unspecified atom stereocenters. The molecule has 2 rings (SSSR count). The van der Waals surface area contributed by atoms with Crippen LogP contribution in [-0.4, -0.2) is 10.2 Å². The van der Waals surface area contributed by atoms with Crippen molar-refractivity contribution in [2.75, 3.05) is 0 Å². The summed E-state index contributed by atoms with van der Waals surface area (Å²) in [5, 5.41) is 18.0. The Morgan fingerprint density at radius 2 is 1.44 bits per heavy atom. The van der Waals surface area contributed by atoms with Crippen molar-refractivity contribution < 1.29 is 10.2 Å². The van der Waals surface area contributed by atoms with Crippen molar-refractivity contribution in [2.45, 2.75) is 6.42 Å². The fourth-order valence-electron chi connectivity index (χ4n) is 1.15. The van der Waals surface area contributed by atoms with E-state index in [0.29, 0.717) is 6.42 Å². The molecular formula is C7H6O2. The van der Waals surface area contributed by atoms with Crippen LogP contribution >= 0.6 is 0 Å². The first kappa shape index (κ1) is 4.68. The highest BCUT2D eigenvalue weighted by molar-refractivity contribution is 5.55. The van der Waals surface area contributed by atoms with Crippen LogP contribution < -0.4 is 0 Å². The molecule has 0 aliphatic heterocycles. The molecule has 0 aromatic rings. The van der Waals surface area contributed by atoms with Gasteiger partial charge in [0.25, 0.3) is 0 Å². The summed E-state index contributed by atoms with van der Waals surface area (Å²) in [4.78, 5) is 0. The molecule has 0 aromatic carbocycles. The maximum absolute atomic E-state index is 9.01. The average Bonchev–Trinajstić information content (AvgIpc) is 2.37. The van der Waals surface area contributed by atoms with Gasteiger partial charge < -0.3 is 10.2 Å². The number of allylic oxidation sites excluding steroid dienone is 4. The maximum atomic E-state index is 9.01. The minimum Gasteiger partial charge on any atom is -0.504 e. The summed E-state index contributed by atoms with van der Waals surface area (Å²) < 4.78 is 0. The SMILES string of the molecule is OC1=C2C=CC(=C1O)C2. The maximum Gasteiger partial charge on any atom is 0.161 e. The van der Waals surface area contributed by atoms with E-state index in [1.165, 1.54) is 0 Å². The van der Waals surface area contributed by atoms with Gasteiger partial charge >= 0.3 is 0 Å². The largest absolute Gasteiger partial charge is 0.504 e. The van der Waals surface area contributed by atoms with Crippen molar-refractivity contribution in [1.29, 1.82) is 0 Å². The summed E-state index contributed by atoms with van der Waals surface area (Å²) in [5.74, 6) is 0.125. The predicted molar refractivity (Wildman–Crippen MR) is 33.1 cm³/mol. The number of aliphatic hydroxyl groups is 2. The van der Waals surface area contributed by atoms with Crippen molar-refractivity contribution in [1.82, 2.24) is 0 Å². The molecule has 2 aliphatic carbocycles. The summed E-state index contributed by atoms with van der Waals surface area (Å²) in [6.07, 6.45) is 4.35. The van der Waals surface area contributed by atoms with Gasteiger partial charge in [0.05, 0.1) is 0 Å². The summed E-state index contributed by atoms with van der Waals surface area (Å²) in [6, 6.07) is 0. The van der Waals surface area contributed by atoms with Gasteiger partial charge in [0.1, 0.15) is 0 Å². The summed E-state index contributed by atoms with van der Waals surface area (Å²) >= 11 is 0. The number of aliphatic hydroxyl groups excluding tert-OH is 2. The predicted octanol–water partition coefficient (Wildman–Crippen LogP) is 1.58. The van der Waals surface area contributed by atoms with E-state index < -0.39 is 0 Å². The molecule has 2 nitrogen and oxygen atoms in total. The second-order valence-electron chi connectivity index (χ2n) is 2.26. The van der Waals surface area contributed by atoms with Gasteiger partial charge in [-0.25, -0.2) is 0 Å². The first-order valence-corrected chi connectivity index (χ1v) is 2.82. The standard InChI is InChI=1S/C7H6O2/c8-6-4-1-2-5(3-4)7(6)9/h1-2,8-9H,3H2. The Kier molecular flexibility index (Phi) is 0.628. The Morgan fingerprint density at radius 1 is 1.00 bits per heavy atom. The van der Waals surface area contributed by atoms with E-state index in [4.69, 9.17) is 10.2 Å². The zero-order valence-electron chi connectivity index (χ0n) is 4.76. The van der Waals surface area contributed by atoms with Crippen LogP contribution in [0.25, 0.3) is 0 Å². The molecule has 9 heavy (non-hydrogen) atoms. The van der Waals surface area contributed by atoms with E-state index in [1.54, 1.807) is 0 Å². The Balaban J connectivity index is 2.66. The summed E-state index contributed by atoms with van der Waals surface area (Å²) in [7, 11) is 0. The Hall–Kier alpha value is -1.18. The zero-order valence-corrected chi connectivity index (χ0v) is 4.76. The Labute approximate surface area is 52.4 Å². The molecule has 0 amide bonds. The highest BCUT2D eigenvalue weighted by Gasteiger charge is 2.24. The summed E-state index contributed by atoms with van der Waals surface area (Å²) in [6.45, 7) is 0. The van der Waals surface area contributed by atoms with Crippen molar-refractivity contribution in [3.63, 3.8) is 0 Å². The van der Waals surface area contributed by atoms with Gasteiger partial charge in [-0.3, -0.25) is 0 Å². The third kappa shape index (κ3) is 0.403. The van der Waals surface area contributed by atoms with Gasteiger partial charge in [-0.1, -0.05) is 12.2 Å². The minimum absolute atomic E-state index is 0.0625. The normalized spacial score (nSPS) is 22.7. The molecule has 0 radical (unpaired) electrons. The van der Waals surface area contributed by atoms with Crippen molar-refractivity contribution in [3.05, 3.63) is 34.8 Å². The fraction of sp³-hybridized carbons (Fsp3) is 0.143.